The maximum Gasteiger partial charge on any atom is 0.221 e. The van der Waals surface area contributed by atoms with Crippen LogP contribution in [0.25, 0.3) is 0 Å². The normalized spacial score (nSPS) is 19.1. The number of hydrogen-bond donors (Lipinski definition) is 1. The summed E-state index contributed by atoms with van der Waals surface area (Å²) in [5, 5.41) is 0. The Morgan fingerprint density at radius 3 is 2.31 bits per heavy atom. The van der Waals surface area contributed by atoms with Crippen molar-refractivity contribution < 1.29 is 14.3 Å². The number of hydrogen-bond acceptors (Lipinski definition) is 3. The maximum absolute atomic E-state index is 11.5. The van der Waals surface area contributed by atoms with Crippen LogP contribution in [0.2, 0.25) is 0 Å². The second kappa shape index (κ2) is 5.25. The lowest BCUT2D eigenvalue weighted by atomic mass is 9.93. The first-order valence-corrected chi connectivity index (χ1v) is 6.22. The highest BCUT2D eigenvalue weighted by atomic mass is 79.9. The third kappa shape index (κ3) is 3.02. The van der Waals surface area contributed by atoms with Crippen LogP contribution in [0.3, 0.4) is 0 Å². The predicted octanol–water partition coefficient (Wildman–Crippen LogP) is 1.78. The summed E-state index contributed by atoms with van der Waals surface area (Å²) in [5.41, 5.74) is 4.23. The summed E-state index contributed by atoms with van der Waals surface area (Å²) in [5.74, 6) is -0.671. The van der Waals surface area contributed by atoms with Crippen LogP contribution in [-0.2, 0) is 14.3 Å². The van der Waals surface area contributed by atoms with E-state index in [1.807, 2.05) is 6.92 Å². The van der Waals surface area contributed by atoms with Gasteiger partial charge in [-0.05, 0) is 50.9 Å². The monoisotopic (exact) mass is 351 g/mol. The number of carbonyl (C=O) groups is 2. The third-order valence-electron chi connectivity index (χ3n) is 2.04. The molecule has 0 radical (unpaired) electrons. The van der Waals surface area contributed by atoms with Crippen molar-refractivity contribution in [2.45, 2.75) is 18.9 Å². The molecule has 1 aliphatic carbocycles. The van der Waals surface area contributed by atoms with Crippen molar-refractivity contribution in [2.75, 3.05) is 6.61 Å². The molecular weight excluding hydrogens is 342 g/mol. The molecule has 16 heavy (non-hydrogen) atoms. The summed E-state index contributed by atoms with van der Waals surface area (Å²) in [6.45, 7) is 2.22. The van der Waals surface area contributed by atoms with E-state index in [9.17, 15) is 9.59 Å². The van der Waals surface area contributed by atoms with Gasteiger partial charge in [-0.3, -0.25) is 9.59 Å². The van der Waals surface area contributed by atoms with E-state index >= 15 is 0 Å². The van der Waals surface area contributed by atoms with E-state index in [2.05, 4.69) is 31.9 Å². The molecule has 0 aliphatic heterocycles. The smallest absolute Gasteiger partial charge is 0.221 e. The molecule has 4 nitrogen and oxygen atoms in total. The average molecular weight is 353 g/mol. The largest absolute Gasteiger partial charge is 0.370 e. The first-order valence-electron chi connectivity index (χ1n) is 4.64. The number of ether oxygens (including phenoxy) is 1. The highest BCUT2D eigenvalue weighted by Gasteiger charge is 2.34. The van der Waals surface area contributed by atoms with E-state index in [1.165, 1.54) is 0 Å². The molecule has 0 aromatic rings. The highest BCUT2D eigenvalue weighted by molar-refractivity contribution is 9.13. The molecule has 0 bridgehead atoms. The fraction of sp³-hybridized carbons (Fsp3) is 0.400. The van der Waals surface area contributed by atoms with Crippen LogP contribution in [-0.4, -0.2) is 23.9 Å². The fourth-order valence-corrected chi connectivity index (χ4v) is 2.96. The summed E-state index contributed by atoms with van der Waals surface area (Å²) in [7, 11) is 0. The number of allylic oxidation sites excluding steroid dienone is 2. The molecule has 2 N–H and O–H groups in total. The molecule has 0 heterocycles. The number of ketones is 1. The number of primary amides is 1. The fourth-order valence-electron chi connectivity index (χ4n) is 1.49. The van der Waals surface area contributed by atoms with E-state index in [0.717, 1.165) is 0 Å². The number of halogens is 2. The number of amides is 1. The average Bonchev–Trinajstić information content (AvgIpc) is 2.13. The molecule has 0 saturated heterocycles. The Hall–Kier alpha value is -0.460. The SMILES string of the molecule is CCOC1(CC(N)=O)C=C(Br)C(=O)C(Br)=C1. The van der Waals surface area contributed by atoms with Crippen molar-refractivity contribution >= 4 is 43.6 Å². The molecule has 0 atom stereocenters. The predicted molar refractivity (Wildman–Crippen MR) is 67.2 cm³/mol. The number of Topliss-reactive ketones (excluding diaryl/α,β-unsaturated/α-hetero) is 1. The minimum atomic E-state index is -0.938. The van der Waals surface area contributed by atoms with Crippen molar-refractivity contribution in [3.05, 3.63) is 21.1 Å². The summed E-state index contributed by atoms with van der Waals surface area (Å²) in [6, 6.07) is 0. The van der Waals surface area contributed by atoms with Crippen molar-refractivity contribution in [1.29, 1.82) is 0 Å². The van der Waals surface area contributed by atoms with Crippen LogP contribution in [0.4, 0.5) is 0 Å². The number of nitrogens with two attached hydrogens (primary N) is 1. The Kier molecular flexibility index (Phi) is 4.46. The molecule has 0 aromatic carbocycles. The van der Waals surface area contributed by atoms with Crippen LogP contribution in [0, 0.1) is 0 Å². The topological polar surface area (TPSA) is 69.4 Å². The first kappa shape index (κ1) is 13.6. The van der Waals surface area contributed by atoms with E-state index in [0.29, 0.717) is 15.6 Å². The molecule has 0 saturated carbocycles. The molecule has 6 heteroatoms. The minimum absolute atomic E-state index is 0.00167. The molecule has 1 amide bonds. The van der Waals surface area contributed by atoms with E-state index in [1.54, 1.807) is 12.2 Å². The van der Waals surface area contributed by atoms with Gasteiger partial charge < -0.3 is 10.5 Å². The number of rotatable bonds is 4. The summed E-state index contributed by atoms with van der Waals surface area (Å²) >= 11 is 6.28. The van der Waals surface area contributed by atoms with Gasteiger partial charge in [-0.15, -0.1) is 0 Å². The van der Waals surface area contributed by atoms with Gasteiger partial charge in [0.25, 0.3) is 0 Å². The standard InChI is InChI=1S/C10H11Br2NO3/c1-2-16-10(5-8(13)14)3-6(11)9(15)7(12)4-10/h3-4H,2,5H2,1H3,(H2,13,14). The Balaban J connectivity index is 3.11. The van der Waals surface area contributed by atoms with Crippen LogP contribution in [0.1, 0.15) is 13.3 Å². The van der Waals surface area contributed by atoms with Gasteiger partial charge in [0.05, 0.1) is 15.4 Å². The quantitative estimate of drug-likeness (QED) is 0.838. The van der Waals surface area contributed by atoms with Gasteiger partial charge in [-0.2, -0.15) is 0 Å². The van der Waals surface area contributed by atoms with Crippen LogP contribution < -0.4 is 5.73 Å². The van der Waals surface area contributed by atoms with Crippen molar-refractivity contribution in [3.8, 4) is 0 Å². The Morgan fingerprint density at radius 2 is 1.94 bits per heavy atom. The second-order valence-electron chi connectivity index (χ2n) is 3.34. The van der Waals surface area contributed by atoms with E-state index < -0.39 is 11.5 Å². The molecule has 0 unspecified atom stereocenters. The van der Waals surface area contributed by atoms with Gasteiger partial charge in [0.2, 0.25) is 11.7 Å². The zero-order valence-corrected chi connectivity index (χ0v) is 11.8. The molecule has 0 fully saturated rings. The molecule has 88 valence electrons. The molecule has 1 rings (SSSR count). The first-order chi connectivity index (χ1) is 7.40. The molecule has 0 spiro atoms. The minimum Gasteiger partial charge on any atom is -0.370 e. The van der Waals surface area contributed by atoms with Crippen LogP contribution in [0.5, 0.6) is 0 Å². The molecule has 1 aliphatic rings. The number of carbonyl (C=O) groups excluding carboxylic acids is 2. The van der Waals surface area contributed by atoms with Crippen molar-refractivity contribution in [1.82, 2.24) is 0 Å². The van der Waals surface area contributed by atoms with E-state index in [4.69, 9.17) is 10.5 Å². The zero-order chi connectivity index (χ0) is 12.3. The Morgan fingerprint density at radius 1 is 1.44 bits per heavy atom. The molecule has 0 aromatic heterocycles. The van der Waals surface area contributed by atoms with Crippen LogP contribution >= 0.6 is 31.9 Å². The summed E-state index contributed by atoms with van der Waals surface area (Å²) in [4.78, 5) is 22.5. The summed E-state index contributed by atoms with van der Waals surface area (Å²) in [6.07, 6.45) is 3.13. The van der Waals surface area contributed by atoms with Crippen LogP contribution in [0.15, 0.2) is 21.1 Å². The lowest BCUT2D eigenvalue weighted by molar-refractivity contribution is -0.122. The van der Waals surface area contributed by atoms with Gasteiger partial charge in [0.15, 0.2) is 0 Å². The highest BCUT2D eigenvalue weighted by Crippen LogP contribution is 2.33. The maximum atomic E-state index is 11.5. The van der Waals surface area contributed by atoms with Crippen molar-refractivity contribution in [3.63, 3.8) is 0 Å². The lowest BCUT2D eigenvalue weighted by Crippen LogP contribution is -2.36. The van der Waals surface area contributed by atoms with Gasteiger partial charge in [-0.1, -0.05) is 0 Å². The van der Waals surface area contributed by atoms with Crippen molar-refractivity contribution in [2.24, 2.45) is 5.73 Å². The van der Waals surface area contributed by atoms with E-state index in [-0.39, 0.29) is 12.2 Å². The molecular formula is C10H11Br2NO3. The van der Waals surface area contributed by atoms with Gasteiger partial charge in [0.1, 0.15) is 5.60 Å². The Bertz CT molecular complexity index is 366. The lowest BCUT2D eigenvalue weighted by Gasteiger charge is -2.29. The second-order valence-corrected chi connectivity index (χ2v) is 5.05. The Labute approximate surface area is 110 Å². The van der Waals surface area contributed by atoms with Gasteiger partial charge >= 0.3 is 0 Å². The zero-order valence-electron chi connectivity index (χ0n) is 8.63. The van der Waals surface area contributed by atoms with Gasteiger partial charge in [-0.25, -0.2) is 0 Å². The van der Waals surface area contributed by atoms with Gasteiger partial charge in [0, 0.05) is 6.61 Å². The summed E-state index contributed by atoms with van der Waals surface area (Å²) < 4.78 is 6.22. The third-order valence-corrected chi connectivity index (χ3v) is 3.22.